The highest BCUT2D eigenvalue weighted by atomic mass is 16.6. The maximum Gasteiger partial charge on any atom is 0.424 e. The summed E-state index contributed by atoms with van der Waals surface area (Å²) in [5.41, 5.74) is 2.24. The SMILES string of the molecule is CC(C)(C)OC(=O)N1C[C@H](O)CN1. The minimum absolute atomic E-state index is 0.287. The maximum absolute atomic E-state index is 11.3. The third kappa shape index (κ3) is 3.20. The van der Waals surface area contributed by atoms with E-state index < -0.39 is 17.8 Å². The van der Waals surface area contributed by atoms with Crippen molar-refractivity contribution in [1.82, 2.24) is 10.4 Å². The molecule has 1 heterocycles. The van der Waals surface area contributed by atoms with Crippen LogP contribution < -0.4 is 5.43 Å². The van der Waals surface area contributed by atoms with Gasteiger partial charge in [-0.2, -0.15) is 0 Å². The highest BCUT2D eigenvalue weighted by Gasteiger charge is 2.28. The predicted octanol–water partition coefficient (Wildman–Crippen LogP) is 0.103. The number of hydrogen-bond acceptors (Lipinski definition) is 4. The molecule has 0 saturated carbocycles. The molecule has 1 fully saturated rings. The van der Waals surface area contributed by atoms with Gasteiger partial charge in [-0.25, -0.2) is 15.2 Å². The molecule has 1 atom stereocenters. The Kier molecular flexibility index (Phi) is 2.77. The third-order valence-corrected chi connectivity index (χ3v) is 1.52. The van der Waals surface area contributed by atoms with Crippen molar-refractivity contribution in [2.45, 2.75) is 32.5 Å². The largest absolute Gasteiger partial charge is 0.443 e. The molecular formula is C8H16N2O3. The molecule has 1 aliphatic rings. The Morgan fingerprint density at radius 2 is 2.23 bits per heavy atom. The number of aliphatic hydroxyl groups is 1. The zero-order chi connectivity index (χ0) is 10.1. The van der Waals surface area contributed by atoms with Crippen LogP contribution in [0.4, 0.5) is 4.79 Å². The highest BCUT2D eigenvalue weighted by molar-refractivity contribution is 5.67. The second kappa shape index (κ2) is 3.51. The summed E-state index contributed by atoms with van der Waals surface area (Å²) in [6.45, 7) is 6.10. The first kappa shape index (κ1) is 10.3. The molecule has 1 aliphatic heterocycles. The molecule has 0 spiro atoms. The number of ether oxygens (including phenoxy) is 1. The van der Waals surface area contributed by atoms with Gasteiger partial charge in [-0.1, -0.05) is 0 Å². The fourth-order valence-corrected chi connectivity index (χ4v) is 1.01. The quantitative estimate of drug-likeness (QED) is 0.566. The second-order valence-corrected chi connectivity index (χ2v) is 4.11. The molecule has 0 aromatic carbocycles. The number of carbonyl (C=O) groups is 1. The summed E-state index contributed by atoms with van der Waals surface area (Å²) in [6.07, 6.45) is -0.934. The van der Waals surface area contributed by atoms with E-state index in [2.05, 4.69) is 5.43 Å². The zero-order valence-corrected chi connectivity index (χ0v) is 8.20. The van der Waals surface area contributed by atoms with Crippen molar-refractivity contribution in [3.8, 4) is 0 Å². The van der Waals surface area contributed by atoms with E-state index in [9.17, 15) is 4.79 Å². The lowest BCUT2D eigenvalue weighted by atomic mass is 10.2. The van der Waals surface area contributed by atoms with Crippen LogP contribution in [0.2, 0.25) is 0 Å². The van der Waals surface area contributed by atoms with Gasteiger partial charge in [0.2, 0.25) is 0 Å². The number of hydrazine groups is 1. The van der Waals surface area contributed by atoms with Crippen molar-refractivity contribution in [1.29, 1.82) is 0 Å². The average molecular weight is 188 g/mol. The summed E-state index contributed by atoms with van der Waals surface area (Å²) in [5.74, 6) is 0. The van der Waals surface area contributed by atoms with Gasteiger partial charge < -0.3 is 9.84 Å². The van der Waals surface area contributed by atoms with Crippen molar-refractivity contribution in [2.75, 3.05) is 13.1 Å². The molecule has 0 radical (unpaired) electrons. The Morgan fingerprint density at radius 1 is 1.62 bits per heavy atom. The monoisotopic (exact) mass is 188 g/mol. The molecule has 2 N–H and O–H groups in total. The number of nitrogens with one attached hydrogen (secondary N) is 1. The Balaban J connectivity index is 2.41. The minimum Gasteiger partial charge on any atom is -0.443 e. The van der Waals surface area contributed by atoms with Crippen LogP contribution in [0.25, 0.3) is 0 Å². The normalized spacial score (nSPS) is 23.4. The van der Waals surface area contributed by atoms with Crippen molar-refractivity contribution >= 4 is 6.09 Å². The Morgan fingerprint density at radius 3 is 2.62 bits per heavy atom. The number of amides is 1. The van der Waals surface area contributed by atoms with Crippen molar-refractivity contribution < 1.29 is 14.6 Å². The molecule has 0 bridgehead atoms. The van der Waals surface area contributed by atoms with Crippen molar-refractivity contribution in [3.05, 3.63) is 0 Å². The summed E-state index contributed by atoms with van der Waals surface area (Å²) in [7, 11) is 0. The molecule has 13 heavy (non-hydrogen) atoms. The molecular weight excluding hydrogens is 172 g/mol. The van der Waals surface area contributed by atoms with Gasteiger partial charge in [0.15, 0.2) is 0 Å². The molecule has 1 saturated heterocycles. The first-order chi connectivity index (χ1) is 5.88. The summed E-state index contributed by atoms with van der Waals surface area (Å²) >= 11 is 0. The predicted molar refractivity (Wildman–Crippen MR) is 46.9 cm³/mol. The van der Waals surface area contributed by atoms with E-state index in [0.717, 1.165) is 0 Å². The molecule has 5 nitrogen and oxygen atoms in total. The van der Waals surface area contributed by atoms with Gasteiger partial charge in [0.25, 0.3) is 0 Å². The summed E-state index contributed by atoms with van der Waals surface area (Å²) < 4.78 is 5.08. The van der Waals surface area contributed by atoms with Gasteiger partial charge in [0, 0.05) is 6.54 Å². The van der Waals surface area contributed by atoms with E-state index in [1.165, 1.54) is 5.01 Å². The molecule has 1 rings (SSSR count). The van der Waals surface area contributed by atoms with Crippen LogP contribution in [0, 0.1) is 0 Å². The fraction of sp³-hybridized carbons (Fsp3) is 0.875. The fourth-order valence-electron chi connectivity index (χ4n) is 1.01. The van der Waals surface area contributed by atoms with Crippen molar-refractivity contribution in [2.24, 2.45) is 0 Å². The third-order valence-electron chi connectivity index (χ3n) is 1.52. The van der Waals surface area contributed by atoms with E-state index >= 15 is 0 Å². The standard InChI is InChI=1S/C8H16N2O3/c1-8(2,3)13-7(12)10-5-6(11)4-9-10/h6,9,11H,4-5H2,1-3H3/t6-/m1/s1. The van der Waals surface area contributed by atoms with Crippen LogP contribution in [-0.4, -0.2) is 41.0 Å². The van der Waals surface area contributed by atoms with Crippen LogP contribution in [0.5, 0.6) is 0 Å². The maximum atomic E-state index is 11.3. The Hall–Kier alpha value is -0.810. The number of carbonyl (C=O) groups excluding carboxylic acids is 1. The Labute approximate surface area is 77.6 Å². The van der Waals surface area contributed by atoms with E-state index in [1.807, 2.05) is 0 Å². The Bertz CT molecular complexity index is 200. The number of rotatable bonds is 0. The lowest BCUT2D eigenvalue weighted by Crippen LogP contribution is -2.41. The average Bonchev–Trinajstić information content (AvgIpc) is 2.31. The lowest BCUT2D eigenvalue weighted by Gasteiger charge is -2.23. The smallest absolute Gasteiger partial charge is 0.424 e. The van der Waals surface area contributed by atoms with Crippen LogP contribution in [0.1, 0.15) is 20.8 Å². The number of hydrogen-bond donors (Lipinski definition) is 2. The zero-order valence-electron chi connectivity index (χ0n) is 8.20. The first-order valence-electron chi connectivity index (χ1n) is 4.30. The summed E-state index contributed by atoms with van der Waals surface area (Å²) in [6, 6.07) is 0. The summed E-state index contributed by atoms with van der Waals surface area (Å²) in [4.78, 5) is 11.3. The van der Waals surface area contributed by atoms with Crippen LogP contribution in [0.15, 0.2) is 0 Å². The van der Waals surface area contributed by atoms with Gasteiger partial charge in [-0.05, 0) is 20.8 Å². The van der Waals surface area contributed by atoms with Crippen LogP contribution >= 0.6 is 0 Å². The van der Waals surface area contributed by atoms with Gasteiger partial charge in [0.05, 0.1) is 12.6 Å². The van der Waals surface area contributed by atoms with E-state index in [4.69, 9.17) is 9.84 Å². The van der Waals surface area contributed by atoms with Crippen LogP contribution in [0.3, 0.4) is 0 Å². The summed E-state index contributed by atoms with van der Waals surface area (Å²) in [5, 5.41) is 10.4. The second-order valence-electron chi connectivity index (χ2n) is 4.11. The van der Waals surface area contributed by atoms with Gasteiger partial charge >= 0.3 is 6.09 Å². The molecule has 0 aromatic rings. The highest BCUT2D eigenvalue weighted by Crippen LogP contribution is 2.10. The van der Waals surface area contributed by atoms with E-state index in [1.54, 1.807) is 20.8 Å². The molecule has 5 heteroatoms. The topological polar surface area (TPSA) is 61.8 Å². The molecule has 0 aromatic heterocycles. The number of β-amino-alcohol motifs (C(OH)–C–C–N with tert-alkyl or cyclic N) is 1. The van der Waals surface area contributed by atoms with Gasteiger partial charge in [0.1, 0.15) is 5.60 Å². The minimum atomic E-state index is -0.494. The van der Waals surface area contributed by atoms with Crippen LogP contribution in [-0.2, 0) is 4.74 Å². The van der Waals surface area contributed by atoms with Gasteiger partial charge in [-0.15, -0.1) is 0 Å². The molecule has 0 aliphatic carbocycles. The lowest BCUT2D eigenvalue weighted by molar-refractivity contribution is 0.0191. The van der Waals surface area contributed by atoms with Crippen molar-refractivity contribution in [3.63, 3.8) is 0 Å². The first-order valence-corrected chi connectivity index (χ1v) is 4.30. The molecule has 0 unspecified atom stereocenters. The van der Waals surface area contributed by atoms with E-state index in [-0.39, 0.29) is 6.54 Å². The molecule has 1 amide bonds. The number of aliphatic hydroxyl groups excluding tert-OH is 1. The molecule has 76 valence electrons. The van der Waals surface area contributed by atoms with E-state index in [0.29, 0.717) is 6.54 Å². The number of nitrogens with zero attached hydrogens (tertiary/aromatic N) is 1. The van der Waals surface area contributed by atoms with Gasteiger partial charge in [-0.3, -0.25) is 0 Å².